The number of carbonyl (C=O) groups is 1. The maximum atomic E-state index is 11.6. The van der Waals surface area contributed by atoms with Crippen LogP contribution in [-0.4, -0.2) is 10.5 Å². The molecule has 104 valence electrons. The van der Waals surface area contributed by atoms with Crippen LogP contribution in [0.25, 0.3) is 0 Å². The van der Waals surface area contributed by atoms with Crippen molar-refractivity contribution in [3.05, 3.63) is 58.6 Å². The summed E-state index contributed by atoms with van der Waals surface area (Å²) >= 11 is 14.5. The molecule has 0 aliphatic heterocycles. The Labute approximate surface area is 136 Å². The fourth-order valence-corrected chi connectivity index (χ4v) is 3.84. The van der Waals surface area contributed by atoms with Crippen LogP contribution in [0, 0.1) is 0 Å². The van der Waals surface area contributed by atoms with Crippen LogP contribution >= 0.6 is 46.7 Å². The van der Waals surface area contributed by atoms with Crippen LogP contribution in [-0.2, 0) is 4.79 Å². The van der Waals surface area contributed by atoms with Gasteiger partial charge in [-0.3, -0.25) is 4.79 Å². The highest BCUT2D eigenvalue weighted by Gasteiger charge is 2.18. The zero-order valence-electron chi connectivity index (χ0n) is 10.3. The van der Waals surface area contributed by atoms with Gasteiger partial charge in [-0.05, 0) is 48.5 Å². The predicted molar refractivity (Wildman–Crippen MR) is 87.6 cm³/mol. The molecule has 2 N–H and O–H groups in total. The summed E-state index contributed by atoms with van der Waals surface area (Å²) in [4.78, 5) is 13.5. The van der Waals surface area contributed by atoms with Gasteiger partial charge in [-0.2, -0.15) is 0 Å². The Morgan fingerprint density at radius 2 is 1.20 bits per heavy atom. The van der Waals surface area contributed by atoms with Crippen LogP contribution in [0.5, 0.6) is 0 Å². The van der Waals surface area contributed by atoms with Crippen LogP contribution in [0.4, 0.5) is 0 Å². The summed E-state index contributed by atoms with van der Waals surface area (Å²) < 4.78 is -0.405. The molecule has 0 aliphatic carbocycles. The van der Waals surface area contributed by atoms with Crippen LogP contribution < -0.4 is 5.73 Å². The Bertz CT molecular complexity index is 540. The van der Waals surface area contributed by atoms with Crippen LogP contribution in [0.2, 0.25) is 10.0 Å². The van der Waals surface area contributed by atoms with Crippen molar-refractivity contribution in [3.63, 3.8) is 0 Å². The lowest BCUT2D eigenvalue weighted by molar-refractivity contribution is -0.116. The van der Waals surface area contributed by atoms with Crippen LogP contribution in [0.15, 0.2) is 58.3 Å². The highest BCUT2D eigenvalue weighted by atomic mass is 35.5. The lowest BCUT2D eigenvalue weighted by Crippen LogP contribution is -2.22. The molecule has 0 bridgehead atoms. The van der Waals surface area contributed by atoms with E-state index in [9.17, 15) is 4.79 Å². The molecular weight excluding hydrogens is 333 g/mol. The molecule has 0 saturated heterocycles. The molecule has 0 spiro atoms. The molecule has 0 heterocycles. The lowest BCUT2D eigenvalue weighted by Gasteiger charge is -2.12. The molecule has 20 heavy (non-hydrogen) atoms. The van der Waals surface area contributed by atoms with Gasteiger partial charge in [-0.1, -0.05) is 23.2 Å². The van der Waals surface area contributed by atoms with Crippen molar-refractivity contribution in [1.29, 1.82) is 0 Å². The third-order valence-electron chi connectivity index (χ3n) is 2.35. The summed E-state index contributed by atoms with van der Waals surface area (Å²) in [6.45, 7) is 0. The minimum atomic E-state index is -0.405. The molecule has 2 nitrogen and oxygen atoms in total. The SMILES string of the molecule is NC(=O)C(Sc1ccc(Cl)cc1)Sc1ccc(Cl)cc1. The second-order valence-electron chi connectivity index (χ2n) is 3.88. The summed E-state index contributed by atoms with van der Waals surface area (Å²) in [6, 6.07) is 14.6. The Hall–Kier alpha value is -0.810. The molecule has 0 unspecified atom stereocenters. The highest BCUT2D eigenvalue weighted by Crippen LogP contribution is 2.36. The van der Waals surface area contributed by atoms with Gasteiger partial charge >= 0.3 is 0 Å². The fourth-order valence-electron chi connectivity index (χ4n) is 1.41. The van der Waals surface area contributed by atoms with E-state index >= 15 is 0 Å². The average molecular weight is 344 g/mol. The van der Waals surface area contributed by atoms with Crippen LogP contribution in [0.3, 0.4) is 0 Å². The monoisotopic (exact) mass is 343 g/mol. The summed E-state index contributed by atoms with van der Waals surface area (Å²) in [7, 11) is 0. The van der Waals surface area contributed by atoms with E-state index < -0.39 is 4.58 Å². The van der Waals surface area contributed by atoms with E-state index in [2.05, 4.69) is 0 Å². The van der Waals surface area contributed by atoms with E-state index in [0.29, 0.717) is 10.0 Å². The number of hydrogen-bond donors (Lipinski definition) is 1. The Morgan fingerprint density at radius 3 is 1.50 bits per heavy atom. The van der Waals surface area contributed by atoms with Gasteiger partial charge in [0.05, 0.1) is 0 Å². The van der Waals surface area contributed by atoms with Gasteiger partial charge in [0.2, 0.25) is 5.91 Å². The van der Waals surface area contributed by atoms with Gasteiger partial charge in [-0.15, -0.1) is 23.5 Å². The molecule has 0 atom stereocenters. The summed E-state index contributed by atoms with van der Waals surface area (Å²) in [5.74, 6) is -0.370. The molecule has 0 aliphatic rings. The average Bonchev–Trinajstić information content (AvgIpc) is 2.42. The molecule has 2 aromatic carbocycles. The van der Waals surface area contributed by atoms with Gasteiger partial charge in [0.15, 0.2) is 0 Å². The first-order chi connectivity index (χ1) is 9.54. The van der Waals surface area contributed by atoms with Gasteiger partial charge < -0.3 is 5.73 Å². The first-order valence-corrected chi connectivity index (χ1v) is 8.20. The number of benzene rings is 2. The van der Waals surface area contributed by atoms with E-state index in [4.69, 9.17) is 28.9 Å². The number of halogens is 2. The van der Waals surface area contributed by atoms with Crippen molar-refractivity contribution in [2.24, 2.45) is 5.73 Å². The minimum Gasteiger partial charge on any atom is -0.368 e. The van der Waals surface area contributed by atoms with Crippen molar-refractivity contribution in [1.82, 2.24) is 0 Å². The second kappa shape index (κ2) is 7.27. The molecule has 2 rings (SSSR count). The summed E-state index contributed by atoms with van der Waals surface area (Å²) in [5.41, 5.74) is 5.46. The van der Waals surface area contributed by atoms with E-state index in [0.717, 1.165) is 9.79 Å². The van der Waals surface area contributed by atoms with Gasteiger partial charge in [0.1, 0.15) is 4.58 Å². The normalized spacial score (nSPS) is 10.8. The molecule has 0 fully saturated rings. The maximum Gasteiger partial charge on any atom is 0.241 e. The van der Waals surface area contributed by atoms with Gasteiger partial charge in [0, 0.05) is 19.8 Å². The van der Waals surface area contributed by atoms with Crippen molar-refractivity contribution in [3.8, 4) is 0 Å². The molecule has 0 aromatic heterocycles. The predicted octanol–water partition coefficient (Wildman–Crippen LogP) is 4.69. The Balaban J connectivity index is 2.09. The van der Waals surface area contributed by atoms with E-state index in [1.54, 1.807) is 24.3 Å². The smallest absolute Gasteiger partial charge is 0.241 e. The Morgan fingerprint density at radius 1 is 0.850 bits per heavy atom. The first-order valence-electron chi connectivity index (χ1n) is 5.68. The molecule has 6 heteroatoms. The molecule has 1 amide bonds. The van der Waals surface area contributed by atoms with Crippen LogP contribution in [0.1, 0.15) is 0 Å². The third-order valence-corrected chi connectivity index (χ3v) is 5.41. The van der Waals surface area contributed by atoms with E-state index in [1.165, 1.54) is 23.5 Å². The van der Waals surface area contributed by atoms with Crippen molar-refractivity contribution < 1.29 is 4.79 Å². The van der Waals surface area contributed by atoms with E-state index in [-0.39, 0.29) is 5.91 Å². The fraction of sp³-hybridized carbons (Fsp3) is 0.0714. The summed E-state index contributed by atoms with van der Waals surface area (Å²) in [6.07, 6.45) is 0. The number of amides is 1. The van der Waals surface area contributed by atoms with Gasteiger partial charge in [0.25, 0.3) is 0 Å². The largest absolute Gasteiger partial charge is 0.368 e. The number of primary amides is 1. The van der Waals surface area contributed by atoms with Crippen molar-refractivity contribution in [2.45, 2.75) is 14.4 Å². The van der Waals surface area contributed by atoms with Gasteiger partial charge in [-0.25, -0.2) is 0 Å². The number of carbonyl (C=O) groups excluding carboxylic acids is 1. The molecule has 0 radical (unpaired) electrons. The van der Waals surface area contributed by atoms with Crippen molar-refractivity contribution >= 4 is 52.6 Å². The summed E-state index contributed by atoms with van der Waals surface area (Å²) in [5, 5.41) is 1.32. The maximum absolute atomic E-state index is 11.6. The standard InChI is InChI=1S/C14H11Cl2NOS2/c15-9-1-5-11(6-2-9)19-14(13(17)18)20-12-7-3-10(16)4-8-12/h1-8,14H,(H2,17,18). The molecular formula is C14H11Cl2NOS2. The van der Waals surface area contributed by atoms with E-state index in [1.807, 2.05) is 24.3 Å². The Kier molecular flexibility index (Phi) is 5.66. The van der Waals surface area contributed by atoms with Crippen molar-refractivity contribution in [2.75, 3.05) is 0 Å². The molecule has 0 saturated carbocycles. The molecule has 2 aromatic rings. The zero-order chi connectivity index (χ0) is 14.5. The first kappa shape index (κ1) is 15.6. The quantitative estimate of drug-likeness (QED) is 0.632. The zero-order valence-corrected chi connectivity index (χ0v) is 13.4. The second-order valence-corrected chi connectivity index (χ2v) is 7.41. The lowest BCUT2D eigenvalue weighted by atomic mass is 10.4. The number of hydrogen-bond acceptors (Lipinski definition) is 3. The number of thioether (sulfide) groups is 2. The number of rotatable bonds is 5. The topological polar surface area (TPSA) is 43.1 Å². The number of nitrogens with two attached hydrogens (primary N) is 1. The minimum absolute atomic E-state index is 0.370. The highest BCUT2D eigenvalue weighted by molar-refractivity contribution is 8.18. The third kappa shape index (κ3) is 4.63.